The Morgan fingerprint density at radius 3 is 2.57 bits per heavy atom. The van der Waals surface area contributed by atoms with Crippen molar-refractivity contribution in [1.82, 2.24) is 24.5 Å². The molecule has 2 aliphatic rings. The monoisotopic (exact) mass is 412 g/mol. The van der Waals surface area contributed by atoms with E-state index in [0.29, 0.717) is 29.1 Å². The largest absolute Gasteiger partial charge is 0.394 e. The number of aliphatic hydroxyl groups excluding tert-OH is 3. The molecule has 4 heterocycles. The summed E-state index contributed by atoms with van der Waals surface area (Å²) in [6.07, 6.45) is 0.530. The number of aliphatic hydroxyl groups is 3. The first kappa shape index (κ1) is 19.7. The molecule has 10 nitrogen and oxygen atoms in total. The number of fused-ring (bicyclic) bond motifs is 1. The Labute approximate surface area is 167 Å². The fraction of sp³-hybridized carbons (Fsp3) is 0.706. The molecule has 2 aromatic heterocycles. The first-order valence-corrected chi connectivity index (χ1v) is 9.86. The summed E-state index contributed by atoms with van der Waals surface area (Å²) in [5, 5.41) is 31.9. The maximum absolute atomic E-state index is 10.3. The summed E-state index contributed by atoms with van der Waals surface area (Å²) < 4.78 is 7.09. The summed E-state index contributed by atoms with van der Waals surface area (Å²) in [5.74, 6) is 0.473. The highest BCUT2D eigenvalue weighted by Gasteiger charge is 2.44. The van der Waals surface area contributed by atoms with Crippen LogP contribution in [-0.4, -0.2) is 76.8 Å². The number of rotatable bonds is 4. The number of hydrogen-bond acceptors (Lipinski definition) is 9. The Bertz CT molecular complexity index is 840. The van der Waals surface area contributed by atoms with E-state index in [-0.39, 0.29) is 5.28 Å². The van der Waals surface area contributed by atoms with Crippen LogP contribution in [0.1, 0.15) is 39.3 Å². The molecule has 0 saturated carbocycles. The van der Waals surface area contributed by atoms with Crippen molar-refractivity contribution in [2.24, 2.45) is 0 Å². The van der Waals surface area contributed by atoms with Gasteiger partial charge in [-0.3, -0.25) is 4.57 Å². The fourth-order valence-corrected chi connectivity index (χ4v) is 4.19. The van der Waals surface area contributed by atoms with Crippen LogP contribution in [0.5, 0.6) is 0 Å². The predicted molar refractivity (Wildman–Crippen MR) is 102 cm³/mol. The van der Waals surface area contributed by atoms with Crippen molar-refractivity contribution >= 4 is 28.6 Å². The Balaban J connectivity index is 1.69. The normalized spacial score (nSPS) is 34.2. The highest BCUT2D eigenvalue weighted by Crippen LogP contribution is 2.33. The zero-order valence-corrected chi connectivity index (χ0v) is 16.5. The lowest BCUT2D eigenvalue weighted by Crippen LogP contribution is -2.47. The van der Waals surface area contributed by atoms with Gasteiger partial charge in [-0.1, -0.05) is 6.42 Å². The van der Waals surface area contributed by atoms with Gasteiger partial charge in [0.2, 0.25) is 5.28 Å². The van der Waals surface area contributed by atoms with Gasteiger partial charge < -0.3 is 25.5 Å². The lowest BCUT2D eigenvalue weighted by molar-refractivity contribution is -0.0511. The third kappa shape index (κ3) is 3.34. The molecule has 2 aromatic rings. The van der Waals surface area contributed by atoms with E-state index in [1.54, 1.807) is 0 Å². The maximum Gasteiger partial charge on any atom is 0.226 e. The van der Waals surface area contributed by atoms with Crippen LogP contribution in [0.2, 0.25) is 5.28 Å². The molecular weight excluding hydrogens is 388 g/mol. The standard InChI is InChI=1S/C17H25ClN6O4/c1-8-4-3-5-9(2)24(8)22-14-11-15(21-17(18)20-14)23(7-19-11)16-13(27)12(26)10(6-25)28-16/h7-10,12-13,16,25-27H,3-6H2,1-2H3,(H,20,21,22)/t8?,9?,10-,12-,13-,16-/m1/s1. The SMILES string of the molecule is CC1CCCC(C)N1Nc1nc(Cl)nc2c1ncn2[C@@H]1O[C@H](CO)[C@@H](O)[C@H]1O. The van der Waals surface area contributed by atoms with E-state index in [0.717, 1.165) is 12.8 Å². The van der Waals surface area contributed by atoms with Crippen LogP contribution in [0.25, 0.3) is 11.2 Å². The van der Waals surface area contributed by atoms with Crippen LogP contribution in [0, 0.1) is 0 Å². The van der Waals surface area contributed by atoms with Crippen molar-refractivity contribution in [2.75, 3.05) is 12.0 Å². The van der Waals surface area contributed by atoms with Gasteiger partial charge >= 0.3 is 0 Å². The molecule has 0 bridgehead atoms. The number of aromatic nitrogens is 4. The molecule has 4 rings (SSSR count). The lowest BCUT2D eigenvalue weighted by Gasteiger charge is -2.39. The summed E-state index contributed by atoms with van der Waals surface area (Å²) in [4.78, 5) is 12.9. The van der Waals surface area contributed by atoms with E-state index in [1.807, 2.05) is 0 Å². The van der Waals surface area contributed by atoms with Gasteiger partial charge in [-0.05, 0) is 38.3 Å². The summed E-state index contributed by atoms with van der Waals surface area (Å²) in [5.41, 5.74) is 4.19. The van der Waals surface area contributed by atoms with Crippen molar-refractivity contribution in [2.45, 2.75) is 69.7 Å². The van der Waals surface area contributed by atoms with Crippen molar-refractivity contribution in [3.05, 3.63) is 11.6 Å². The molecule has 2 saturated heterocycles. The number of piperidine rings is 1. The number of nitrogens with zero attached hydrogens (tertiary/aromatic N) is 5. The summed E-state index contributed by atoms with van der Waals surface area (Å²) in [6.45, 7) is 3.90. The number of anilines is 1. The van der Waals surface area contributed by atoms with Crippen LogP contribution >= 0.6 is 11.6 Å². The van der Waals surface area contributed by atoms with Crippen molar-refractivity contribution in [1.29, 1.82) is 0 Å². The minimum atomic E-state index is -1.23. The van der Waals surface area contributed by atoms with E-state index in [9.17, 15) is 15.3 Å². The molecule has 2 fully saturated rings. The van der Waals surface area contributed by atoms with Gasteiger partial charge in [-0.25, -0.2) is 9.99 Å². The van der Waals surface area contributed by atoms with Crippen LogP contribution < -0.4 is 5.43 Å². The predicted octanol–water partition coefficient (Wildman–Crippen LogP) is 0.681. The van der Waals surface area contributed by atoms with Crippen LogP contribution in [0.4, 0.5) is 5.82 Å². The topological polar surface area (TPSA) is 129 Å². The molecule has 0 radical (unpaired) electrons. The molecule has 0 spiro atoms. The second kappa shape index (κ2) is 7.69. The van der Waals surface area contributed by atoms with E-state index in [4.69, 9.17) is 16.3 Å². The number of nitrogens with one attached hydrogen (secondary N) is 1. The third-order valence-electron chi connectivity index (χ3n) is 5.61. The summed E-state index contributed by atoms with van der Waals surface area (Å²) in [6, 6.07) is 0.658. The highest BCUT2D eigenvalue weighted by atomic mass is 35.5. The fourth-order valence-electron chi connectivity index (χ4n) is 4.03. The molecular formula is C17H25ClN6O4. The molecule has 0 aliphatic carbocycles. The third-order valence-corrected chi connectivity index (χ3v) is 5.78. The van der Waals surface area contributed by atoms with Gasteiger partial charge in [-0.15, -0.1) is 0 Å². The number of ether oxygens (including phenoxy) is 1. The number of hydrazine groups is 1. The average Bonchev–Trinajstić information content (AvgIpc) is 3.19. The molecule has 11 heteroatoms. The van der Waals surface area contributed by atoms with Gasteiger partial charge in [0.05, 0.1) is 12.9 Å². The molecule has 6 atom stereocenters. The first-order chi connectivity index (χ1) is 13.4. The van der Waals surface area contributed by atoms with Crippen molar-refractivity contribution < 1.29 is 20.1 Å². The lowest BCUT2D eigenvalue weighted by atomic mass is 10.00. The quantitative estimate of drug-likeness (QED) is 0.535. The van der Waals surface area contributed by atoms with E-state index < -0.39 is 31.1 Å². The smallest absolute Gasteiger partial charge is 0.226 e. The van der Waals surface area contributed by atoms with Gasteiger partial charge in [0.15, 0.2) is 23.2 Å². The molecule has 0 aromatic carbocycles. The average molecular weight is 413 g/mol. The Morgan fingerprint density at radius 2 is 1.93 bits per heavy atom. The van der Waals surface area contributed by atoms with Crippen molar-refractivity contribution in [3.8, 4) is 0 Å². The first-order valence-electron chi connectivity index (χ1n) is 9.48. The minimum Gasteiger partial charge on any atom is -0.394 e. The van der Waals surface area contributed by atoms with Crippen molar-refractivity contribution in [3.63, 3.8) is 0 Å². The summed E-state index contributed by atoms with van der Waals surface area (Å²) >= 11 is 6.16. The zero-order chi connectivity index (χ0) is 20.0. The van der Waals surface area contributed by atoms with Gasteiger partial charge in [0.25, 0.3) is 0 Å². The molecule has 28 heavy (non-hydrogen) atoms. The zero-order valence-electron chi connectivity index (χ0n) is 15.7. The molecule has 154 valence electrons. The molecule has 0 amide bonds. The Hall–Kier alpha value is -1.56. The molecule has 2 aliphatic heterocycles. The van der Waals surface area contributed by atoms with Gasteiger partial charge in [0, 0.05) is 12.1 Å². The second-order valence-electron chi connectivity index (χ2n) is 7.54. The van der Waals surface area contributed by atoms with Gasteiger partial charge in [0.1, 0.15) is 18.3 Å². The Kier molecular flexibility index (Phi) is 5.43. The number of hydrogen-bond donors (Lipinski definition) is 4. The van der Waals surface area contributed by atoms with Crippen LogP contribution in [0.15, 0.2) is 6.33 Å². The minimum absolute atomic E-state index is 0.0285. The van der Waals surface area contributed by atoms with E-state index in [1.165, 1.54) is 17.3 Å². The maximum atomic E-state index is 10.3. The number of halogens is 1. The van der Waals surface area contributed by atoms with Crippen LogP contribution in [-0.2, 0) is 4.74 Å². The second-order valence-corrected chi connectivity index (χ2v) is 7.88. The van der Waals surface area contributed by atoms with Gasteiger partial charge in [-0.2, -0.15) is 9.97 Å². The Morgan fingerprint density at radius 1 is 1.21 bits per heavy atom. The van der Waals surface area contributed by atoms with E-state index >= 15 is 0 Å². The highest BCUT2D eigenvalue weighted by molar-refractivity contribution is 6.28. The molecule has 4 N–H and O–H groups in total. The summed E-state index contributed by atoms with van der Waals surface area (Å²) in [7, 11) is 0. The van der Waals surface area contributed by atoms with Crippen LogP contribution in [0.3, 0.4) is 0 Å². The molecule has 2 unspecified atom stereocenters. The van der Waals surface area contributed by atoms with E-state index in [2.05, 4.69) is 39.2 Å². The number of imidazole rings is 1.